The SMILES string of the molecule is Fc1ccc(CN[C@@H](c2ccc(F)cc2)c2nnc(-c3ccccc3)o2)cc1. The van der Waals surface area contributed by atoms with Gasteiger partial charge < -0.3 is 4.42 Å². The largest absolute Gasteiger partial charge is 0.419 e. The molecule has 6 heteroatoms. The highest BCUT2D eigenvalue weighted by molar-refractivity contribution is 5.51. The van der Waals surface area contributed by atoms with Crippen molar-refractivity contribution in [3.63, 3.8) is 0 Å². The Bertz CT molecular complexity index is 1030. The van der Waals surface area contributed by atoms with Crippen LogP contribution in [-0.4, -0.2) is 10.2 Å². The van der Waals surface area contributed by atoms with Crippen LogP contribution < -0.4 is 5.32 Å². The summed E-state index contributed by atoms with van der Waals surface area (Å²) in [4.78, 5) is 0. The minimum absolute atomic E-state index is 0.289. The van der Waals surface area contributed by atoms with Gasteiger partial charge in [0.05, 0.1) is 0 Å². The van der Waals surface area contributed by atoms with Crippen LogP contribution >= 0.6 is 0 Å². The summed E-state index contributed by atoms with van der Waals surface area (Å²) in [6, 6.07) is 21.4. The lowest BCUT2D eigenvalue weighted by Crippen LogP contribution is -2.22. The highest BCUT2D eigenvalue weighted by Crippen LogP contribution is 2.25. The first-order valence-corrected chi connectivity index (χ1v) is 8.81. The van der Waals surface area contributed by atoms with Gasteiger partial charge in [0, 0.05) is 12.1 Å². The van der Waals surface area contributed by atoms with Crippen molar-refractivity contribution >= 4 is 0 Å². The van der Waals surface area contributed by atoms with Crippen LogP contribution in [0.25, 0.3) is 11.5 Å². The van der Waals surface area contributed by atoms with Gasteiger partial charge >= 0.3 is 0 Å². The van der Waals surface area contributed by atoms with E-state index in [1.807, 2.05) is 30.3 Å². The zero-order valence-corrected chi connectivity index (χ0v) is 14.8. The van der Waals surface area contributed by atoms with Crippen molar-refractivity contribution in [2.45, 2.75) is 12.6 Å². The lowest BCUT2D eigenvalue weighted by atomic mass is 10.1. The zero-order valence-electron chi connectivity index (χ0n) is 14.8. The summed E-state index contributed by atoms with van der Waals surface area (Å²) < 4.78 is 32.4. The van der Waals surface area contributed by atoms with Crippen LogP contribution in [0.5, 0.6) is 0 Å². The summed E-state index contributed by atoms with van der Waals surface area (Å²) in [5.41, 5.74) is 2.50. The second-order valence-corrected chi connectivity index (χ2v) is 6.30. The van der Waals surface area contributed by atoms with Gasteiger partial charge in [-0.05, 0) is 47.5 Å². The number of hydrogen-bond donors (Lipinski definition) is 1. The zero-order chi connectivity index (χ0) is 19.3. The Hall–Kier alpha value is -3.38. The summed E-state index contributed by atoms with van der Waals surface area (Å²) in [7, 11) is 0. The molecule has 0 aliphatic heterocycles. The molecule has 0 saturated carbocycles. The Labute approximate surface area is 160 Å². The van der Waals surface area contributed by atoms with Crippen LogP contribution in [0.3, 0.4) is 0 Å². The molecule has 1 aromatic heterocycles. The number of rotatable bonds is 6. The fourth-order valence-corrected chi connectivity index (χ4v) is 2.87. The average molecular weight is 377 g/mol. The van der Waals surface area contributed by atoms with Gasteiger partial charge in [-0.2, -0.15) is 0 Å². The molecule has 0 fully saturated rings. The minimum Gasteiger partial charge on any atom is -0.419 e. The van der Waals surface area contributed by atoms with E-state index in [2.05, 4.69) is 15.5 Å². The third-order valence-corrected chi connectivity index (χ3v) is 4.34. The van der Waals surface area contributed by atoms with Crippen molar-refractivity contribution < 1.29 is 13.2 Å². The van der Waals surface area contributed by atoms with Gasteiger partial charge in [-0.25, -0.2) is 8.78 Å². The van der Waals surface area contributed by atoms with Gasteiger partial charge in [-0.15, -0.1) is 10.2 Å². The highest BCUT2D eigenvalue weighted by atomic mass is 19.1. The number of halogens is 2. The molecule has 1 N–H and O–H groups in total. The van der Waals surface area contributed by atoms with E-state index >= 15 is 0 Å². The van der Waals surface area contributed by atoms with E-state index in [4.69, 9.17) is 4.42 Å². The third-order valence-electron chi connectivity index (χ3n) is 4.34. The molecule has 4 nitrogen and oxygen atoms in total. The van der Waals surface area contributed by atoms with E-state index in [1.165, 1.54) is 24.3 Å². The molecule has 0 bridgehead atoms. The summed E-state index contributed by atoms with van der Waals surface area (Å²) in [6.07, 6.45) is 0. The number of aromatic nitrogens is 2. The van der Waals surface area contributed by atoms with E-state index in [-0.39, 0.29) is 11.6 Å². The summed E-state index contributed by atoms with van der Waals surface area (Å²) in [5.74, 6) is 0.165. The number of hydrogen-bond acceptors (Lipinski definition) is 4. The lowest BCUT2D eigenvalue weighted by molar-refractivity contribution is 0.437. The molecule has 0 aliphatic rings. The molecule has 1 heterocycles. The molecule has 0 unspecified atom stereocenters. The first-order valence-electron chi connectivity index (χ1n) is 8.81. The molecule has 0 spiro atoms. The van der Waals surface area contributed by atoms with E-state index in [0.29, 0.717) is 18.3 Å². The molecule has 0 radical (unpaired) electrons. The predicted molar refractivity (Wildman–Crippen MR) is 101 cm³/mol. The topological polar surface area (TPSA) is 51.0 Å². The molecular formula is C22H17F2N3O. The normalized spacial score (nSPS) is 12.1. The van der Waals surface area contributed by atoms with Crippen LogP contribution in [0.15, 0.2) is 83.3 Å². The summed E-state index contributed by atoms with van der Waals surface area (Å²) in [6.45, 7) is 0.450. The molecule has 1 atom stereocenters. The smallest absolute Gasteiger partial charge is 0.247 e. The predicted octanol–water partition coefficient (Wildman–Crippen LogP) is 4.89. The van der Waals surface area contributed by atoms with Gasteiger partial charge in [0.25, 0.3) is 0 Å². The maximum atomic E-state index is 13.4. The third kappa shape index (κ3) is 4.13. The lowest BCUT2D eigenvalue weighted by Gasteiger charge is -2.16. The Balaban J connectivity index is 1.62. The molecular weight excluding hydrogens is 360 g/mol. The van der Waals surface area contributed by atoms with Gasteiger partial charge in [-0.3, -0.25) is 5.32 Å². The molecule has 140 valence electrons. The second kappa shape index (κ2) is 8.10. The quantitative estimate of drug-likeness (QED) is 0.520. The van der Waals surface area contributed by atoms with Crippen molar-refractivity contribution in [3.8, 4) is 11.5 Å². The molecule has 28 heavy (non-hydrogen) atoms. The maximum absolute atomic E-state index is 13.4. The molecule has 3 aromatic carbocycles. The molecule has 0 saturated heterocycles. The second-order valence-electron chi connectivity index (χ2n) is 6.30. The molecule has 4 aromatic rings. The van der Waals surface area contributed by atoms with Crippen LogP contribution in [0.2, 0.25) is 0 Å². The van der Waals surface area contributed by atoms with E-state index in [1.54, 1.807) is 24.3 Å². The van der Waals surface area contributed by atoms with E-state index in [9.17, 15) is 8.78 Å². The first kappa shape index (κ1) is 18.0. The van der Waals surface area contributed by atoms with Crippen molar-refractivity contribution in [1.29, 1.82) is 0 Å². The summed E-state index contributed by atoms with van der Waals surface area (Å²) in [5, 5.41) is 11.7. The van der Waals surface area contributed by atoms with Crippen LogP contribution in [0, 0.1) is 11.6 Å². The maximum Gasteiger partial charge on any atom is 0.247 e. The molecule has 4 rings (SSSR count). The Morgan fingerprint density at radius 3 is 2.11 bits per heavy atom. The van der Waals surface area contributed by atoms with Gasteiger partial charge in [0.15, 0.2) is 0 Å². The van der Waals surface area contributed by atoms with Crippen LogP contribution in [0.1, 0.15) is 23.1 Å². The fourth-order valence-electron chi connectivity index (χ4n) is 2.87. The Kier molecular flexibility index (Phi) is 5.21. The van der Waals surface area contributed by atoms with Crippen LogP contribution in [-0.2, 0) is 6.54 Å². The minimum atomic E-state index is -0.435. The van der Waals surface area contributed by atoms with Crippen molar-refractivity contribution in [1.82, 2.24) is 15.5 Å². The van der Waals surface area contributed by atoms with Gasteiger partial charge in [0.1, 0.15) is 17.7 Å². The highest BCUT2D eigenvalue weighted by Gasteiger charge is 2.21. The average Bonchev–Trinajstić information content (AvgIpc) is 3.21. The first-order chi connectivity index (χ1) is 13.7. The van der Waals surface area contributed by atoms with Crippen molar-refractivity contribution in [3.05, 3.63) is 108 Å². The number of nitrogens with zero attached hydrogens (tertiary/aromatic N) is 2. The standard InChI is InChI=1S/C22H17F2N3O/c23-18-10-6-15(7-11-18)14-25-20(16-8-12-19(24)13-9-16)22-27-26-21(28-22)17-4-2-1-3-5-17/h1-13,20,25H,14H2/t20-/m0/s1. The monoisotopic (exact) mass is 377 g/mol. The Morgan fingerprint density at radius 2 is 1.43 bits per heavy atom. The Morgan fingerprint density at radius 1 is 0.786 bits per heavy atom. The molecule has 0 amide bonds. The van der Waals surface area contributed by atoms with Gasteiger partial charge in [-0.1, -0.05) is 42.5 Å². The molecule has 0 aliphatic carbocycles. The number of nitrogens with one attached hydrogen (secondary N) is 1. The van der Waals surface area contributed by atoms with E-state index in [0.717, 1.165) is 16.7 Å². The summed E-state index contributed by atoms with van der Waals surface area (Å²) >= 11 is 0. The van der Waals surface area contributed by atoms with Gasteiger partial charge in [0.2, 0.25) is 11.8 Å². The van der Waals surface area contributed by atoms with Crippen LogP contribution in [0.4, 0.5) is 8.78 Å². The fraction of sp³-hybridized carbons (Fsp3) is 0.0909. The van der Waals surface area contributed by atoms with E-state index < -0.39 is 6.04 Å². The van der Waals surface area contributed by atoms with Crippen molar-refractivity contribution in [2.75, 3.05) is 0 Å². The number of benzene rings is 3. The van der Waals surface area contributed by atoms with Crippen molar-refractivity contribution in [2.24, 2.45) is 0 Å².